The van der Waals surface area contributed by atoms with E-state index in [9.17, 15) is 0 Å². The third-order valence-corrected chi connectivity index (χ3v) is 10.1. The number of rotatable bonds is 5. The van der Waals surface area contributed by atoms with Crippen LogP contribution in [0.2, 0.25) is 0 Å². The molecule has 34 heavy (non-hydrogen) atoms. The summed E-state index contributed by atoms with van der Waals surface area (Å²) in [4.78, 5) is 4.98. The van der Waals surface area contributed by atoms with Crippen molar-refractivity contribution in [2.24, 2.45) is 44.7 Å². The van der Waals surface area contributed by atoms with E-state index in [0.29, 0.717) is 22.3 Å². The van der Waals surface area contributed by atoms with E-state index in [1.54, 1.807) is 0 Å². The lowest BCUT2D eigenvalue weighted by Gasteiger charge is -2.45. The van der Waals surface area contributed by atoms with E-state index >= 15 is 0 Å². The van der Waals surface area contributed by atoms with E-state index < -0.39 is 0 Å². The highest BCUT2D eigenvalue weighted by molar-refractivity contribution is 5.85. The number of aliphatic hydroxyl groups is 1. The third-order valence-electron chi connectivity index (χ3n) is 10.1. The molecule has 198 valence electrons. The number of allylic oxidation sites excluding steroid dienone is 2. The molecule has 4 nitrogen and oxygen atoms in total. The molecule has 5 aliphatic rings. The second kappa shape index (κ2) is 12.5. The van der Waals surface area contributed by atoms with Crippen molar-refractivity contribution in [2.45, 2.75) is 119 Å². The fourth-order valence-electron chi connectivity index (χ4n) is 8.98. The number of nitrogens with zero attached hydrogens (tertiary/aromatic N) is 1. The molecule has 5 aliphatic carbocycles. The van der Waals surface area contributed by atoms with Gasteiger partial charge in [-0.2, -0.15) is 0 Å². The van der Waals surface area contributed by atoms with Crippen molar-refractivity contribution < 1.29 is 5.11 Å². The summed E-state index contributed by atoms with van der Waals surface area (Å²) in [6.45, 7) is 17.1. The molecule has 6 unspecified atom stereocenters. The summed E-state index contributed by atoms with van der Waals surface area (Å²) in [5.41, 5.74) is 10.3. The zero-order valence-corrected chi connectivity index (χ0v) is 23.8. The summed E-state index contributed by atoms with van der Waals surface area (Å²) in [5.74, 6) is 2.74. The number of fused-ring (bicyclic) bond motifs is 1. The Morgan fingerprint density at radius 3 is 2.44 bits per heavy atom. The highest BCUT2D eigenvalue weighted by atomic mass is 16.2. The van der Waals surface area contributed by atoms with Crippen LogP contribution in [0.1, 0.15) is 113 Å². The van der Waals surface area contributed by atoms with Crippen LogP contribution >= 0.6 is 0 Å². The Bertz CT molecular complexity index is 699. The first-order valence-electron chi connectivity index (χ1n) is 14.5. The average molecular weight is 476 g/mol. The van der Waals surface area contributed by atoms with Crippen molar-refractivity contribution in [3.63, 3.8) is 0 Å². The number of aliphatic imine (C=N–C) groups is 1. The van der Waals surface area contributed by atoms with Gasteiger partial charge in [-0.1, -0.05) is 39.3 Å². The van der Waals surface area contributed by atoms with Gasteiger partial charge in [0.15, 0.2) is 0 Å². The van der Waals surface area contributed by atoms with Crippen LogP contribution in [0.25, 0.3) is 0 Å². The standard InChI is InChI=1S/C24H38N2.C3H9N.C2H6.CH4O/c1-16(2)25-15-26-17(3)19-8-9-20-22(19,4)13-11-21-23-12-6-5-7-18(23)10-14-24(20,21)23;1-2-3-4;2*1-2/h7,16,19-21,25H,5-6,8-15H2,1-4H3;2-4H2,1H3;1-2H3;2H,1H3/b26-17+;;;. The van der Waals surface area contributed by atoms with Crippen molar-refractivity contribution in [1.29, 1.82) is 0 Å². The molecule has 2 spiro atoms. The minimum absolute atomic E-state index is 0.512. The molecule has 4 N–H and O–H groups in total. The maximum Gasteiger partial charge on any atom is 0.0885 e. The quantitative estimate of drug-likeness (QED) is 0.305. The molecule has 6 atom stereocenters. The van der Waals surface area contributed by atoms with Gasteiger partial charge in [0, 0.05) is 30.2 Å². The Balaban J connectivity index is 0.000000456. The van der Waals surface area contributed by atoms with Gasteiger partial charge in [0.05, 0.1) is 6.67 Å². The highest BCUT2D eigenvalue weighted by Gasteiger charge is 2.84. The molecule has 4 heteroatoms. The number of nitrogens with two attached hydrogens (primary N) is 1. The van der Waals surface area contributed by atoms with Gasteiger partial charge >= 0.3 is 0 Å². The number of nitrogens with one attached hydrogen (secondary N) is 1. The molecule has 0 aromatic rings. The first-order valence-corrected chi connectivity index (χ1v) is 14.5. The Kier molecular flexibility index (Phi) is 10.9. The van der Waals surface area contributed by atoms with E-state index in [0.717, 1.165) is 44.5 Å². The van der Waals surface area contributed by atoms with Crippen molar-refractivity contribution >= 4 is 5.71 Å². The van der Waals surface area contributed by atoms with Crippen molar-refractivity contribution in [2.75, 3.05) is 20.3 Å². The van der Waals surface area contributed by atoms with Crippen molar-refractivity contribution in [1.82, 2.24) is 5.32 Å². The summed E-state index contributed by atoms with van der Waals surface area (Å²) in [6, 6.07) is 0.522. The monoisotopic (exact) mass is 475 g/mol. The second-order valence-corrected chi connectivity index (χ2v) is 11.5. The highest BCUT2D eigenvalue weighted by Crippen LogP contribution is 2.91. The predicted octanol–water partition coefficient (Wildman–Crippen LogP) is 6.73. The molecule has 4 saturated carbocycles. The van der Waals surface area contributed by atoms with Gasteiger partial charge in [0.2, 0.25) is 0 Å². The normalized spacial score (nSPS) is 39.0. The zero-order valence-electron chi connectivity index (χ0n) is 23.8. The minimum Gasteiger partial charge on any atom is -0.400 e. The zero-order chi connectivity index (χ0) is 25.6. The molecular weight excluding hydrogens is 418 g/mol. The van der Waals surface area contributed by atoms with Crippen LogP contribution in [0.4, 0.5) is 0 Å². The summed E-state index contributed by atoms with van der Waals surface area (Å²) in [6.07, 6.45) is 16.9. The summed E-state index contributed by atoms with van der Waals surface area (Å²) in [7, 11) is 1.00. The van der Waals surface area contributed by atoms with Gasteiger partial charge in [0.25, 0.3) is 0 Å². The molecule has 0 radical (unpaired) electrons. The number of hydrogen-bond donors (Lipinski definition) is 3. The maximum atomic E-state index is 7.00. The minimum atomic E-state index is 0.512. The topological polar surface area (TPSA) is 70.6 Å². The van der Waals surface area contributed by atoms with Gasteiger partial charge in [-0.05, 0) is 114 Å². The summed E-state index contributed by atoms with van der Waals surface area (Å²) < 4.78 is 0. The Morgan fingerprint density at radius 1 is 1.15 bits per heavy atom. The Labute approximate surface area is 211 Å². The number of hydrogen-bond acceptors (Lipinski definition) is 4. The Morgan fingerprint density at radius 2 is 1.82 bits per heavy atom. The lowest BCUT2D eigenvalue weighted by atomic mass is 9.59. The molecule has 0 amide bonds. The van der Waals surface area contributed by atoms with E-state index in [1.165, 1.54) is 63.5 Å². The third kappa shape index (κ3) is 4.68. The van der Waals surface area contributed by atoms with Crippen LogP contribution in [0.3, 0.4) is 0 Å². The number of aliphatic hydroxyl groups excluding tert-OH is 1. The molecular formula is C30H57N3O. The van der Waals surface area contributed by atoms with Crippen LogP contribution in [0.5, 0.6) is 0 Å². The molecule has 5 rings (SSSR count). The average Bonchev–Trinajstić information content (AvgIpc) is 3.11. The molecule has 4 fully saturated rings. The molecule has 0 aliphatic heterocycles. The molecule has 0 bridgehead atoms. The van der Waals surface area contributed by atoms with Gasteiger partial charge in [-0.15, -0.1) is 0 Å². The van der Waals surface area contributed by atoms with E-state index in [4.69, 9.17) is 15.8 Å². The summed E-state index contributed by atoms with van der Waals surface area (Å²) >= 11 is 0. The second-order valence-electron chi connectivity index (χ2n) is 11.5. The molecule has 0 aromatic carbocycles. The van der Waals surface area contributed by atoms with Gasteiger partial charge in [0.1, 0.15) is 0 Å². The molecule has 0 saturated heterocycles. The summed E-state index contributed by atoms with van der Waals surface area (Å²) in [5, 5.41) is 10.5. The van der Waals surface area contributed by atoms with Crippen LogP contribution in [-0.2, 0) is 0 Å². The smallest absolute Gasteiger partial charge is 0.0885 e. The first kappa shape index (κ1) is 29.5. The van der Waals surface area contributed by atoms with Crippen LogP contribution < -0.4 is 11.1 Å². The largest absolute Gasteiger partial charge is 0.400 e. The van der Waals surface area contributed by atoms with Crippen LogP contribution in [0, 0.1) is 34.0 Å². The van der Waals surface area contributed by atoms with E-state index in [2.05, 4.69) is 46.0 Å². The fraction of sp³-hybridized carbons (Fsp3) is 0.900. The van der Waals surface area contributed by atoms with Gasteiger partial charge in [-0.3, -0.25) is 10.3 Å². The molecule has 0 aromatic heterocycles. The van der Waals surface area contributed by atoms with E-state index in [-0.39, 0.29) is 0 Å². The van der Waals surface area contributed by atoms with Gasteiger partial charge < -0.3 is 10.8 Å². The fourth-order valence-corrected chi connectivity index (χ4v) is 8.98. The lowest BCUT2D eigenvalue weighted by molar-refractivity contribution is 0.0524. The predicted molar refractivity (Wildman–Crippen MR) is 148 cm³/mol. The maximum absolute atomic E-state index is 7.00. The van der Waals surface area contributed by atoms with Crippen LogP contribution in [-0.4, -0.2) is 37.2 Å². The van der Waals surface area contributed by atoms with E-state index in [1.807, 2.05) is 19.4 Å². The van der Waals surface area contributed by atoms with Crippen LogP contribution in [0.15, 0.2) is 16.6 Å². The van der Waals surface area contributed by atoms with Crippen molar-refractivity contribution in [3.8, 4) is 0 Å². The molecule has 0 heterocycles. The van der Waals surface area contributed by atoms with Crippen molar-refractivity contribution in [3.05, 3.63) is 11.6 Å². The Hall–Kier alpha value is -0.710. The SMILES string of the molecule is C/C(=N\CNC(C)C)C1CCC2C1(C)CCC1C34CCCC=C3CCC214.CC.CCCN.CO. The van der Waals surface area contributed by atoms with Gasteiger partial charge in [-0.25, -0.2) is 0 Å². The lowest BCUT2D eigenvalue weighted by Crippen LogP contribution is -2.41. The first-order chi connectivity index (χ1) is 16.4.